The van der Waals surface area contributed by atoms with Gasteiger partial charge < -0.3 is 24.7 Å². The number of hydrogen-bond donors (Lipinski definition) is 5. The quantitative estimate of drug-likeness (QED) is 0.491. The van der Waals surface area contributed by atoms with E-state index < -0.39 is 31.8 Å². The van der Waals surface area contributed by atoms with Gasteiger partial charge in [0.25, 0.3) is 0 Å². The third-order valence-corrected chi connectivity index (χ3v) is 8.64. The molecule has 1 aliphatic carbocycles. The summed E-state index contributed by atoms with van der Waals surface area (Å²) in [5.74, 6) is 0. The number of rotatable bonds is 4. The summed E-state index contributed by atoms with van der Waals surface area (Å²) in [4.78, 5) is 41.4. The Balaban J connectivity index is 2.58. The summed E-state index contributed by atoms with van der Waals surface area (Å²) < 4.78 is 25.0. The molecule has 0 spiro atoms. The van der Waals surface area contributed by atoms with Gasteiger partial charge in [-0.1, -0.05) is 30.3 Å². The molecular weight excluding hydrogens is 380 g/mol. The van der Waals surface area contributed by atoms with E-state index in [2.05, 4.69) is 4.98 Å². The Morgan fingerprint density at radius 3 is 2.12 bits per heavy atom. The zero-order chi connectivity index (χ0) is 19.3. The predicted octanol–water partition coefficient (Wildman–Crippen LogP) is 1.79. The highest BCUT2D eigenvalue weighted by Crippen LogP contribution is 2.81. The van der Waals surface area contributed by atoms with Gasteiger partial charge in [-0.3, -0.25) is 14.1 Å². The Morgan fingerprint density at radius 1 is 1.00 bits per heavy atom. The first-order chi connectivity index (χ1) is 12.0. The number of aliphatic hydroxyl groups is 1. The van der Waals surface area contributed by atoms with Crippen LogP contribution in [0.2, 0.25) is 0 Å². The summed E-state index contributed by atoms with van der Waals surface area (Å²) in [5, 5.41) is 10.4. The molecule has 0 bridgehead atoms. The van der Waals surface area contributed by atoms with Crippen LogP contribution in [0.3, 0.4) is 0 Å². The van der Waals surface area contributed by atoms with E-state index in [1.807, 2.05) is 0 Å². The van der Waals surface area contributed by atoms with Crippen molar-refractivity contribution in [3.8, 4) is 0 Å². The molecule has 0 saturated heterocycles. The molecule has 138 valence electrons. The fourth-order valence-electron chi connectivity index (χ4n) is 3.59. The molecule has 1 aromatic carbocycles. The van der Waals surface area contributed by atoms with E-state index in [4.69, 9.17) is 0 Å². The van der Waals surface area contributed by atoms with Crippen molar-refractivity contribution >= 4 is 20.8 Å². The van der Waals surface area contributed by atoms with Gasteiger partial charge in [-0.05, 0) is 29.7 Å². The van der Waals surface area contributed by atoms with Gasteiger partial charge in [0.2, 0.25) is 4.90 Å². The Hall–Kier alpha value is -1.63. The van der Waals surface area contributed by atoms with Crippen LogP contribution in [-0.4, -0.2) is 35.8 Å². The third-order valence-electron chi connectivity index (χ3n) is 4.43. The van der Waals surface area contributed by atoms with Crippen molar-refractivity contribution in [1.82, 2.24) is 4.98 Å². The normalized spacial score (nSPS) is 17.9. The Labute approximate surface area is 149 Å². The molecule has 0 radical (unpaired) electrons. The summed E-state index contributed by atoms with van der Waals surface area (Å²) in [7, 11) is -10.9. The van der Waals surface area contributed by atoms with Crippen LogP contribution in [0.4, 0.5) is 0 Å². The lowest BCUT2D eigenvalue weighted by molar-refractivity contribution is 0.217. The minimum absolute atomic E-state index is 0.162. The second-order valence-corrected chi connectivity index (χ2v) is 9.88. The monoisotopic (exact) mass is 397 g/mol. The molecule has 0 fully saturated rings. The zero-order valence-corrected chi connectivity index (χ0v) is 15.4. The fourth-order valence-corrected chi connectivity index (χ4v) is 7.19. The molecule has 10 heteroatoms. The van der Waals surface area contributed by atoms with Crippen LogP contribution >= 0.6 is 15.2 Å². The van der Waals surface area contributed by atoms with E-state index in [0.29, 0.717) is 5.56 Å². The largest absolute Gasteiger partial charge is 0.389 e. The van der Waals surface area contributed by atoms with Crippen molar-refractivity contribution in [3.63, 3.8) is 0 Å². The zero-order valence-electron chi connectivity index (χ0n) is 13.6. The van der Waals surface area contributed by atoms with Crippen LogP contribution in [-0.2, 0) is 14.0 Å². The molecule has 0 amide bonds. The van der Waals surface area contributed by atoms with Gasteiger partial charge in [-0.2, -0.15) is 0 Å². The lowest BCUT2D eigenvalue weighted by atomic mass is 9.97. The number of aliphatic hydroxyl groups excluding tert-OH is 1. The molecule has 8 nitrogen and oxygen atoms in total. The predicted molar refractivity (Wildman–Crippen MR) is 94.1 cm³/mol. The van der Waals surface area contributed by atoms with Gasteiger partial charge >= 0.3 is 15.2 Å². The van der Waals surface area contributed by atoms with Crippen molar-refractivity contribution in [2.24, 2.45) is 0 Å². The molecular formula is C16H17NO7P2. The van der Waals surface area contributed by atoms with Crippen molar-refractivity contribution < 1.29 is 33.8 Å². The van der Waals surface area contributed by atoms with E-state index in [0.717, 1.165) is 0 Å². The first kappa shape index (κ1) is 19.1. The van der Waals surface area contributed by atoms with Gasteiger partial charge in [0.05, 0.1) is 6.10 Å². The van der Waals surface area contributed by atoms with E-state index in [1.165, 1.54) is 37.5 Å². The number of hydrogen-bond acceptors (Lipinski definition) is 4. The number of fused-ring (bicyclic) bond motifs is 1. The van der Waals surface area contributed by atoms with Gasteiger partial charge in [-0.15, -0.1) is 0 Å². The highest BCUT2D eigenvalue weighted by Gasteiger charge is 2.68. The molecule has 1 atom stereocenters. The van der Waals surface area contributed by atoms with Gasteiger partial charge in [0.1, 0.15) is 0 Å². The summed E-state index contributed by atoms with van der Waals surface area (Å²) in [5.41, 5.74) is 0.169. The lowest BCUT2D eigenvalue weighted by Crippen LogP contribution is -2.31. The Morgan fingerprint density at radius 2 is 1.62 bits per heavy atom. The first-order valence-corrected chi connectivity index (χ1v) is 10.8. The molecule has 0 saturated carbocycles. The lowest BCUT2D eigenvalue weighted by Gasteiger charge is -2.35. The molecule has 3 rings (SSSR count). The number of aromatic nitrogens is 1. The maximum absolute atomic E-state index is 12.5. The second-order valence-electron chi connectivity index (χ2n) is 6.01. The highest BCUT2D eigenvalue weighted by atomic mass is 31.2. The van der Waals surface area contributed by atoms with Crippen LogP contribution < -0.4 is 0 Å². The Bertz CT molecular complexity index is 953. The number of benzene rings is 1. The molecule has 0 aliphatic heterocycles. The number of nitrogens with zero attached hydrogens (tertiary/aromatic N) is 1. The van der Waals surface area contributed by atoms with E-state index in [1.54, 1.807) is 18.2 Å². The van der Waals surface area contributed by atoms with Crippen LogP contribution in [0.5, 0.6) is 0 Å². The fraction of sp³-hybridized carbons (Fsp3) is 0.188. The van der Waals surface area contributed by atoms with E-state index >= 15 is 0 Å². The van der Waals surface area contributed by atoms with Crippen molar-refractivity contribution in [3.05, 3.63) is 71.1 Å². The topological polar surface area (TPSA) is 148 Å². The molecule has 26 heavy (non-hydrogen) atoms. The van der Waals surface area contributed by atoms with E-state index in [-0.39, 0.29) is 16.7 Å². The Kier molecular flexibility index (Phi) is 4.58. The summed E-state index contributed by atoms with van der Waals surface area (Å²) >= 11 is 0. The molecule has 1 heterocycles. The summed E-state index contributed by atoms with van der Waals surface area (Å²) in [6.45, 7) is 1.22. The summed E-state index contributed by atoms with van der Waals surface area (Å²) in [6, 6.07) is 8.97. The van der Waals surface area contributed by atoms with Crippen molar-refractivity contribution in [2.45, 2.75) is 17.9 Å². The van der Waals surface area contributed by atoms with Gasteiger partial charge in [0.15, 0.2) is 0 Å². The smallest absolute Gasteiger partial charge is 0.352 e. The first-order valence-electron chi connectivity index (χ1n) is 7.57. The molecule has 1 unspecified atom stereocenters. The molecule has 5 N–H and O–H groups in total. The SMILES string of the molecule is CC(O)C1=C(c2cccnc2)c2ccccc2C1(P(=O)(O)O)P(=O)(O)O. The average Bonchev–Trinajstić information content (AvgIpc) is 2.87. The van der Waals surface area contributed by atoms with E-state index in [9.17, 15) is 33.8 Å². The molecule has 1 aliphatic rings. The minimum atomic E-state index is -5.47. The van der Waals surface area contributed by atoms with Crippen LogP contribution in [0, 0.1) is 0 Å². The van der Waals surface area contributed by atoms with Gasteiger partial charge in [0, 0.05) is 23.5 Å². The summed E-state index contributed by atoms with van der Waals surface area (Å²) in [6.07, 6.45) is 1.37. The van der Waals surface area contributed by atoms with Crippen LogP contribution in [0.25, 0.3) is 5.57 Å². The maximum atomic E-state index is 12.5. The highest BCUT2D eigenvalue weighted by molar-refractivity contribution is 7.72. The molecule has 2 aromatic rings. The standard InChI is InChI=1S/C16H17NO7P2/c1-10(18)15-14(11-5-4-8-17-9-11)12-6-2-3-7-13(12)16(15,25(19,20)21)26(22,23)24/h2-10,18H,1H3,(H2,19,20,21)(H2,22,23,24). The second kappa shape index (κ2) is 6.22. The number of pyridine rings is 1. The van der Waals surface area contributed by atoms with Crippen LogP contribution in [0.1, 0.15) is 23.6 Å². The molecule has 1 aromatic heterocycles. The van der Waals surface area contributed by atoms with Gasteiger partial charge in [-0.25, -0.2) is 0 Å². The van der Waals surface area contributed by atoms with Crippen molar-refractivity contribution in [1.29, 1.82) is 0 Å². The van der Waals surface area contributed by atoms with Crippen molar-refractivity contribution in [2.75, 3.05) is 0 Å². The maximum Gasteiger partial charge on any atom is 0.352 e. The minimum Gasteiger partial charge on any atom is -0.389 e. The van der Waals surface area contributed by atoms with Crippen LogP contribution in [0.15, 0.2) is 54.4 Å². The average molecular weight is 397 g/mol. The third kappa shape index (κ3) is 2.54.